The second-order valence-corrected chi connectivity index (χ2v) is 5.58. The van der Waals surface area contributed by atoms with Gasteiger partial charge in [-0.15, -0.1) is 0 Å². The van der Waals surface area contributed by atoms with Crippen LogP contribution in [0.15, 0.2) is 42.6 Å². The van der Waals surface area contributed by atoms with Gasteiger partial charge in [0, 0.05) is 30.5 Å². The molecule has 0 aliphatic carbocycles. The van der Waals surface area contributed by atoms with E-state index in [1.807, 2.05) is 6.07 Å². The summed E-state index contributed by atoms with van der Waals surface area (Å²) in [5, 5.41) is 11.6. The quantitative estimate of drug-likeness (QED) is 0.941. The van der Waals surface area contributed by atoms with Gasteiger partial charge in [0.25, 0.3) is 11.8 Å². The van der Waals surface area contributed by atoms with Crippen LogP contribution >= 0.6 is 0 Å². The molecule has 24 heavy (non-hydrogen) atoms. The highest BCUT2D eigenvalue weighted by Gasteiger charge is 2.21. The first-order chi connectivity index (χ1) is 11.7. The fourth-order valence-electron chi connectivity index (χ4n) is 2.64. The molecule has 2 amide bonds. The molecule has 1 aromatic carbocycles. The van der Waals surface area contributed by atoms with Crippen molar-refractivity contribution in [1.82, 2.24) is 9.88 Å². The Morgan fingerprint density at radius 1 is 1.17 bits per heavy atom. The zero-order valence-electron chi connectivity index (χ0n) is 13.0. The van der Waals surface area contributed by atoms with Gasteiger partial charge in [0.15, 0.2) is 0 Å². The van der Waals surface area contributed by atoms with Gasteiger partial charge in [0.1, 0.15) is 5.69 Å². The van der Waals surface area contributed by atoms with Gasteiger partial charge >= 0.3 is 0 Å². The molecule has 0 unspecified atom stereocenters. The molecular weight excluding hydrogens is 304 g/mol. The highest BCUT2D eigenvalue weighted by molar-refractivity contribution is 6.05. The van der Waals surface area contributed by atoms with E-state index in [-0.39, 0.29) is 17.5 Å². The topological polar surface area (TPSA) is 86.1 Å². The summed E-state index contributed by atoms with van der Waals surface area (Å²) >= 11 is 0. The van der Waals surface area contributed by atoms with Crippen molar-refractivity contribution >= 4 is 17.5 Å². The van der Waals surface area contributed by atoms with Gasteiger partial charge in [-0.05, 0) is 43.2 Å². The predicted octanol–water partition coefficient (Wildman–Crippen LogP) is 2.44. The minimum absolute atomic E-state index is 0.145. The SMILES string of the molecule is N#Cc1cccc(NC(=O)c2ccnc(C(=O)N3CCCC3)c2)c1. The van der Waals surface area contributed by atoms with Crippen molar-refractivity contribution in [3.8, 4) is 6.07 Å². The molecule has 1 fully saturated rings. The third kappa shape index (κ3) is 3.41. The molecule has 0 atom stereocenters. The van der Waals surface area contributed by atoms with Crippen LogP contribution in [-0.4, -0.2) is 34.8 Å². The molecule has 0 radical (unpaired) electrons. The number of nitrogens with zero attached hydrogens (tertiary/aromatic N) is 3. The Morgan fingerprint density at radius 2 is 1.96 bits per heavy atom. The van der Waals surface area contributed by atoms with Crippen LogP contribution in [0.25, 0.3) is 0 Å². The van der Waals surface area contributed by atoms with Crippen molar-refractivity contribution in [2.45, 2.75) is 12.8 Å². The molecule has 6 heteroatoms. The molecule has 1 aliphatic heterocycles. The molecule has 6 nitrogen and oxygen atoms in total. The molecular formula is C18H16N4O2. The van der Waals surface area contributed by atoms with Crippen molar-refractivity contribution < 1.29 is 9.59 Å². The average molecular weight is 320 g/mol. The summed E-state index contributed by atoms with van der Waals surface area (Å²) < 4.78 is 0. The van der Waals surface area contributed by atoms with Crippen LogP contribution in [0.2, 0.25) is 0 Å². The normalized spacial score (nSPS) is 13.4. The maximum Gasteiger partial charge on any atom is 0.272 e. The third-order valence-electron chi connectivity index (χ3n) is 3.88. The first kappa shape index (κ1) is 15.7. The molecule has 2 aromatic rings. The molecule has 1 saturated heterocycles. The lowest BCUT2D eigenvalue weighted by atomic mass is 10.2. The molecule has 120 valence electrons. The van der Waals surface area contributed by atoms with E-state index in [0.717, 1.165) is 25.9 Å². The monoisotopic (exact) mass is 320 g/mol. The van der Waals surface area contributed by atoms with Crippen LogP contribution in [0.4, 0.5) is 5.69 Å². The molecule has 1 aliphatic rings. The van der Waals surface area contributed by atoms with Crippen LogP contribution in [0, 0.1) is 11.3 Å². The Kier molecular flexibility index (Phi) is 4.52. The molecule has 0 bridgehead atoms. The van der Waals surface area contributed by atoms with E-state index >= 15 is 0 Å². The first-order valence-corrected chi connectivity index (χ1v) is 7.74. The second kappa shape index (κ2) is 6.92. The predicted molar refractivity (Wildman–Crippen MR) is 88.5 cm³/mol. The Morgan fingerprint density at radius 3 is 2.71 bits per heavy atom. The van der Waals surface area contributed by atoms with Crippen LogP contribution in [0.1, 0.15) is 39.3 Å². The summed E-state index contributed by atoms with van der Waals surface area (Å²) in [4.78, 5) is 30.6. The Bertz CT molecular complexity index is 820. The number of nitriles is 1. The number of benzene rings is 1. The lowest BCUT2D eigenvalue weighted by Crippen LogP contribution is -2.28. The molecule has 1 N–H and O–H groups in total. The summed E-state index contributed by atoms with van der Waals surface area (Å²) in [5.41, 5.74) is 1.63. The van der Waals surface area contributed by atoms with Crippen molar-refractivity contribution in [2.24, 2.45) is 0 Å². The zero-order chi connectivity index (χ0) is 16.9. The third-order valence-corrected chi connectivity index (χ3v) is 3.88. The van der Waals surface area contributed by atoms with Crippen molar-refractivity contribution in [3.05, 3.63) is 59.4 Å². The Balaban J connectivity index is 1.76. The highest BCUT2D eigenvalue weighted by atomic mass is 16.2. The van der Waals surface area contributed by atoms with E-state index in [9.17, 15) is 9.59 Å². The van der Waals surface area contributed by atoms with Gasteiger partial charge in [-0.3, -0.25) is 14.6 Å². The Hall–Kier alpha value is -3.20. The van der Waals surface area contributed by atoms with E-state index in [1.165, 1.54) is 12.3 Å². The van der Waals surface area contributed by atoms with Gasteiger partial charge in [-0.2, -0.15) is 5.26 Å². The fourth-order valence-corrected chi connectivity index (χ4v) is 2.64. The van der Waals surface area contributed by atoms with E-state index in [0.29, 0.717) is 16.8 Å². The van der Waals surface area contributed by atoms with Gasteiger partial charge in [0.2, 0.25) is 0 Å². The van der Waals surface area contributed by atoms with E-state index < -0.39 is 0 Å². The summed E-state index contributed by atoms with van der Waals surface area (Å²) in [5.74, 6) is -0.489. The van der Waals surface area contributed by atoms with Crippen molar-refractivity contribution in [1.29, 1.82) is 5.26 Å². The highest BCUT2D eigenvalue weighted by Crippen LogP contribution is 2.14. The number of amides is 2. The fraction of sp³-hybridized carbons (Fsp3) is 0.222. The van der Waals surface area contributed by atoms with Crippen molar-refractivity contribution in [3.63, 3.8) is 0 Å². The van der Waals surface area contributed by atoms with Crippen LogP contribution in [-0.2, 0) is 0 Å². The van der Waals surface area contributed by atoms with Gasteiger partial charge < -0.3 is 10.2 Å². The van der Waals surface area contributed by atoms with E-state index in [2.05, 4.69) is 10.3 Å². The van der Waals surface area contributed by atoms with Gasteiger partial charge in [-0.1, -0.05) is 6.07 Å². The number of anilines is 1. The number of aromatic nitrogens is 1. The molecule has 2 heterocycles. The van der Waals surface area contributed by atoms with Crippen LogP contribution < -0.4 is 5.32 Å². The maximum absolute atomic E-state index is 12.4. The lowest BCUT2D eigenvalue weighted by Gasteiger charge is -2.14. The number of hydrogen-bond donors (Lipinski definition) is 1. The first-order valence-electron chi connectivity index (χ1n) is 7.74. The van der Waals surface area contributed by atoms with Crippen LogP contribution in [0.5, 0.6) is 0 Å². The molecule has 1 aromatic heterocycles. The number of hydrogen-bond acceptors (Lipinski definition) is 4. The summed E-state index contributed by atoms with van der Waals surface area (Å²) in [6.07, 6.45) is 3.46. The minimum atomic E-state index is -0.344. The lowest BCUT2D eigenvalue weighted by molar-refractivity contribution is 0.0787. The average Bonchev–Trinajstić information content (AvgIpc) is 3.16. The molecule has 0 saturated carbocycles. The van der Waals surface area contributed by atoms with Gasteiger partial charge in [-0.25, -0.2) is 0 Å². The maximum atomic E-state index is 12.4. The molecule has 3 rings (SSSR count). The molecule has 0 spiro atoms. The number of carbonyl (C=O) groups excluding carboxylic acids is 2. The van der Waals surface area contributed by atoms with Crippen LogP contribution in [0.3, 0.4) is 0 Å². The van der Waals surface area contributed by atoms with Crippen molar-refractivity contribution in [2.75, 3.05) is 18.4 Å². The summed E-state index contributed by atoms with van der Waals surface area (Å²) in [6, 6.07) is 11.7. The van der Waals surface area contributed by atoms with Gasteiger partial charge in [0.05, 0.1) is 11.6 Å². The van der Waals surface area contributed by atoms with E-state index in [4.69, 9.17) is 5.26 Å². The standard InChI is InChI=1S/C18H16N4O2/c19-12-13-4-3-5-15(10-13)21-17(23)14-6-7-20-16(11-14)18(24)22-8-1-2-9-22/h3-7,10-11H,1-2,8-9H2,(H,21,23). The zero-order valence-corrected chi connectivity index (χ0v) is 13.0. The number of nitrogens with one attached hydrogen (secondary N) is 1. The minimum Gasteiger partial charge on any atom is -0.337 e. The second-order valence-electron chi connectivity index (χ2n) is 5.58. The number of carbonyl (C=O) groups is 2. The van der Waals surface area contributed by atoms with E-state index in [1.54, 1.807) is 35.2 Å². The number of likely N-dealkylation sites (tertiary alicyclic amines) is 1. The smallest absolute Gasteiger partial charge is 0.272 e. The summed E-state index contributed by atoms with van der Waals surface area (Å²) in [7, 11) is 0. The Labute approximate surface area is 139 Å². The number of pyridine rings is 1. The largest absolute Gasteiger partial charge is 0.337 e. The summed E-state index contributed by atoms with van der Waals surface area (Å²) in [6.45, 7) is 1.47. The number of rotatable bonds is 3.